The first-order valence-corrected chi connectivity index (χ1v) is 8.41. The zero-order chi connectivity index (χ0) is 17.1. The molecule has 0 bridgehead atoms. The molecule has 5 nitrogen and oxygen atoms in total. The minimum atomic E-state index is 0.0364. The molecule has 0 fully saturated rings. The highest BCUT2D eigenvalue weighted by molar-refractivity contribution is 5.94. The van der Waals surface area contributed by atoms with Gasteiger partial charge in [-0.2, -0.15) is 0 Å². The van der Waals surface area contributed by atoms with E-state index >= 15 is 0 Å². The van der Waals surface area contributed by atoms with Crippen molar-refractivity contribution in [3.63, 3.8) is 0 Å². The van der Waals surface area contributed by atoms with Crippen LogP contribution in [0.3, 0.4) is 0 Å². The highest BCUT2D eigenvalue weighted by atomic mass is 16.2. The second kappa shape index (κ2) is 10.6. The summed E-state index contributed by atoms with van der Waals surface area (Å²) in [6, 6.07) is 7.81. The van der Waals surface area contributed by atoms with Crippen molar-refractivity contribution in [1.82, 2.24) is 15.5 Å². The van der Waals surface area contributed by atoms with Gasteiger partial charge in [0.15, 0.2) is 5.96 Å². The highest BCUT2D eigenvalue weighted by Gasteiger charge is 2.08. The Labute approximate surface area is 140 Å². The molecule has 0 saturated heterocycles. The van der Waals surface area contributed by atoms with Crippen LogP contribution in [0, 0.1) is 0 Å². The number of unbranched alkanes of at least 4 members (excludes halogenated alkanes) is 1. The quantitative estimate of drug-likeness (QED) is 0.439. The molecule has 0 unspecified atom stereocenters. The summed E-state index contributed by atoms with van der Waals surface area (Å²) >= 11 is 0. The summed E-state index contributed by atoms with van der Waals surface area (Å²) in [7, 11) is 3.54. The number of nitrogens with zero attached hydrogens (tertiary/aromatic N) is 2. The molecule has 1 aromatic rings. The van der Waals surface area contributed by atoms with Gasteiger partial charge >= 0.3 is 0 Å². The van der Waals surface area contributed by atoms with Crippen LogP contribution in [0.1, 0.15) is 42.6 Å². The molecular formula is C18H30N4O. The highest BCUT2D eigenvalue weighted by Crippen LogP contribution is 2.07. The molecular weight excluding hydrogens is 288 g/mol. The lowest BCUT2D eigenvalue weighted by Crippen LogP contribution is -2.38. The largest absolute Gasteiger partial charge is 0.357 e. The van der Waals surface area contributed by atoms with Crippen LogP contribution < -0.4 is 10.6 Å². The van der Waals surface area contributed by atoms with Crippen LogP contribution in [0.2, 0.25) is 0 Å². The van der Waals surface area contributed by atoms with Crippen molar-refractivity contribution >= 4 is 11.9 Å². The summed E-state index contributed by atoms with van der Waals surface area (Å²) in [6.07, 6.45) is 3.10. The summed E-state index contributed by atoms with van der Waals surface area (Å²) in [5.41, 5.74) is 1.88. The first-order valence-electron chi connectivity index (χ1n) is 8.41. The van der Waals surface area contributed by atoms with Gasteiger partial charge in [0.25, 0.3) is 5.91 Å². The van der Waals surface area contributed by atoms with E-state index in [0.717, 1.165) is 56.0 Å². The summed E-state index contributed by atoms with van der Waals surface area (Å²) in [5, 5.41) is 6.59. The van der Waals surface area contributed by atoms with Crippen molar-refractivity contribution in [3.05, 3.63) is 35.4 Å². The summed E-state index contributed by atoms with van der Waals surface area (Å²) in [5.74, 6) is 0.899. The lowest BCUT2D eigenvalue weighted by molar-refractivity contribution is 0.0827. The summed E-state index contributed by atoms with van der Waals surface area (Å²) in [4.78, 5) is 18.1. The van der Waals surface area contributed by atoms with E-state index in [0.29, 0.717) is 0 Å². The van der Waals surface area contributed by atoms with Gasteiger partial charge < -0.3 is 15.5 Å². The van der Waals surface area contributed by atoms with Gasteiger partial charge in [-0.05, 0) is 37.5 Å². The second-order valence-corrected chi connectivity index (χ2v) is 5.69. The third kappa shape index (κ3) is 7.17. The van der Waals surface area contributed by atoms with Gasteiger partial charge in [0, 0.05) is 39.3 Å². The number of carbonyl (C=O) groups is 1. The van der Waals surface area contributed by atoms with Crippen molar-refractivity contribution in [2.24, 2.45) is 4.99 Å². The van der Waals surface area contributed by atoms with E-state index in [4.69, 9.17) is 0 Å². The van der Waals surface area contributed by atoms with Crippen LogP contribution in [0.5, 0.6) is 0 Å². The summed E-state index contributed by atoms with van der Waals surface area (Å²) < 4.78 is 0. The van der Waals surface area contributed by atoms with Gasteiger partial charge in [-0.25, -0.2) is 0 Å². The van der Waals surface area contributed by atoms with Gasteiger partial charge in [-0.15, -0.1) is 0 Å². The SMILES string of the molecule is CCCCN=C(NCC)NCCc1cccc(C(=O)N(C)C)c1. The van der Waals surface area contributed by atoms with Crippen LogP contribution in [0.25, 0.3) is 0 Å². The Bertz CT molecular complexity index is 511. The fourth-order valence-electron chi connectivity index (χ4n) is 2.13. The van der Waals surface area contributed by atoms with Crippen molar-refractivity contribution in [2.45, 2.75) is 33.1 Å². The number of aliphatic imine (C=N–C) groups is 1. The molecule has 0 aliphatic rings. The predicted molar refractivity (Wildman–Crippen MR) is 97.1 cm³/mol. The molecule has 23 heavy (non-hydrogen) atoms. The predicted octanol–water partition coefficient (Wildman–Crippen LogP) is 2.29. The van der Waals surface area contributed by atoms with Crippen molar-refractivity contribution in [1.29, 1.82) is 0 Å². The van der Waals surface area contributed by atoms with Crippen LogP contribution >= 0.6 is 0 Å². The number of guanidine groups is 1. The third-order valence-corrected chi connectivity index (χ3v) is 3.41. The Morgan fingerprint density at radius 3 is 2.65 bits per heavy atom. The lowest BCUT2D eigenvalue weighted by atomic mass is 10.1. The zero-order valence-electron chi connectivity index (χ0n) is 14.9. The van der Waals surface area contributed by atoms with E-state index in [1.165, 1.54) is 0 Å². The van der Waals surface area contributed by atoms with Crippen LogP contribution in [0.4, 0.5) is 0 Å². The summed E-state index contributed by atoms with van der Waals surface area (Å²) in [6.45, 7) is 6.71. The third-order valence-electron chi connectivity index (χ3n) is 3.41. The van der Waals surface area contributed by atoms with Crippen LogP contribution in [-0.4, -0.2) is 50.5 Å². The molecule has 5 heteroatoms. The molecule has 0 aliphatic carbocycles. The second-order valence-electron chi connectivity index (χ2n) is 5.69. The molecule has 1 amide bonds. The zero-order valence-corrected chi connectivity index (χ0v) is 14.9. The number of rotatable bonds is 8. The van der Waals surface area contributed by atoms with E-state index in [2.05, 4.69) is 35.5 Å². The van der Waals surface area contributed by atoms with Crippen LogP contribution in [0.15, 0.2) is 29.3 Å². The maximum Gasteiger partial charge on any atom is 0.253 e. The molecule has 0 aliphatic heterocycles. The van der Waals surface area contributed by atoms with Gasteiger partial charge in [0.05, 0.1) is 0 Å². The average Bonchev–Trinajstić information content (AvgIpc) is 2.54. The fourth-order valence-corrected chi connectivity index (χ4v) is 2.13. The molecule has 128 valence electrons. The number of carbonyl (C=O) groups excluding carboxylic acids is 1. The average molecular weight is 318 g/mol. The Morgan fingerprint density at radius 2 is 2.00 bits per heavy atom. The number of hydrogen-bond acceptors (Lipinski definition) is 2. The van der Waals surface area contributed by atoms with Crippen molar-refractivity contribution in [3.8, 4) is 0 Å². The number of amides is 1. The smallest absolute Gasteiger partial charge is 0.253 e. The van der Waals surface area contributed by atoms with Gasteiger partial charge in [-0.3, -0.25) is 9.79 Å². The van der Waals surface area contributed by atoms with Crippen LogP contribution in [-0.2, 0) is 6.42 Å². The molecule has 0 spiro atoms. The first kappa shape index (κ1) is 19.0. The standard InChI is InChI=1S/C18H30N4O/c1-5-7-12-20-18(19-6-2)21-13-11-15-9-8-10-16(14-15)17(23)22(3)4/h8-10,14H,5-7,11-13H2,1-4H3,(H2,19,20,21). The van der Waals surface area contributed by atoms with Crippen molar-refractivity contribution < 1.29 is 4.79 Å². The Balaban J connectivity index is 2.55. The molecule has 0 radical (unpaired) electrons. The maximum absolute atomic E-state index is 12.0. The lowest BCUT2D eigenvalue weighted by Gasteiger charge is -2.13. The first-order chi connectivity index (χ1) is 11.1. The van der Waals surface area contributed by atoms with Crippen molar-refractivity contribution in [2.75, 3.05) is 33.7 Å². The Morgan fingerprint density at radius 1 is 1.22 bits per heavy atom. The maximum atomic E-state index is 12.0. The molecule has 1 aromatic carbocycles. The van der Waals surface area contributed by atoms with E-state index in [1.807, 2.05) is 18.2 Å². The number of hydrogen-bond donors (Lipinski definition) is 2. The number of nitrogens with one attached hydrogen (secondary N) is 2. The Hall–Kier alpha value is -2.04. The van der Waals surface area contributed by atoms with Gasteiger partial charge in [-0.1, -0.05) is 25.5 Å². The van der Waals surface area contributed by atoms with Gasteiger partial charge in [0.2, 0.25) is 0 Å². The topological polar surface area (TPSA) is 56.7 Å². The monoisotopic (exact) mass is 318 g/mol. The van der Waals surface area contributed by atoms with E-state index in [9.17, 15) is 4.79 Å². The van der Waals surface area contributed by atoms with E-state index < -0.39 is 0 Å². The Kier molecular flexibility index (Phi) is 8.80. The fraction of sp³-hybridized carbons (Fsp3) is 0.556. The molecule has 0 aromatic heterocycles. The van der Waals surface area contributed by atoms with E-state index in [1.54, 1.807) is 19.0 Å². The molecule has 0 atom stereocenters. The van der Waals surface area contributed by atoms with E-state index in [-0.39, 0.29) is 5.91 Å². The molecule has 2 N–H and O–H groups in total. The molecule has 1 rings (SSSR count). The number of benzene rings is 1. The van der Waals surface area contributed by atoms with Gasteiger partial charge in [0.1, 0.15) is 0 Å². The molecule has 0 heterocycles. The molecule has 0 saturated carbocycles. The minimum Gasteiger partial charge on any atom is -0.357 e. The normalized spacial score (nSPS) is 11.2. The minimum absolute atomic E-state index is 0.0364.